The second-order valence-corrected chi connectivity index (χ2v) is 9.58. The van der Waals surface area contributed by atoms with Crippen molar-refractivity contribution in [3.63, 3.8) is 0 Å². The summed E-state index contributed by atoms with van der Waals surface area (Å²) in [5.74, 6) is 2.15. The SMILES string of the molecule is Cc1ccc(S(=O)(=O)N2CCCC(Cc3nc(C4CC4)no3)C2)cc1C. The molecule has 1 saturated heterocycles. The molecule has 0 N–H and O–H groups in total. The lowest BCUT2D eigenvalue weighted by molar-refractivity contribution is 0.247. The van der Waals surface area contributed by atoms with Crippen LogP contribution in [0, 0.1) is 19.8 Å². The number of hydrogen-bond donors (Lipinski definition) is 0. The lowest BCUT2D eigenvalue weighted by Crippen LogP contribution is -2.40. The summed E-state index contributed by atoms with van der Waals surface area (Å²) in [4.78, 5) is 4.87. The van der Waals surface area contributed by atoms with Crippen molar-refractivity contribution in [1.29, 1.82) is 0 Å². The third-order valence-electron chi connectivity index (χ3n) is 5.49. The van der Waals surface area contributed by atoms with Gasteiger partial charge in [-0.1, -0.05) is 11.2 Å². The molecule has 1 aliphatic heterocycles. The average Bonchev–Trinajstić information content (AvgIpc) is 3.37. The molecule has 2 fully saturated rings. The number of aryl methyl sites for hydroxylation is 2. The molecule has 1 unspecified atom stereocenters. The number of aromatic nitrogens is 2. The van der Waals surface area contributed by atoms with Crippen molar-refractivity contribution < 1.29 is 12.9 Å². The Hall–Kier alpha value is -1.73. The summed E-state index contributed by atoms with van der Waals surface area (Å²) in [6, 6.07) is 5.36. The Morgan fingerprint density at radius 2 is 2.00 bits per heavy atom. The van der Waals surface area contributed by atoms with E-state index in [1.807, 2.05) is 19.9 Å². The maximum atomic E-state index is 13.0. The van der Waals surface area contributed by atoms with E-state index >= 15 is 0 Å². The van der Waals surface area contributed by atoms with Crippen LogP contribution in [-0.4, -0.2) is 36.0 Å². The van der Waals surface area contributed by atoms with Crippen LogP contribution in [0.2, 0.25) is 0 Å². The lowest BCUT2D eigenvalue weighted by atomic mass is 9.96. The third-order valence-corrected chi connectivity index (χ3v) is 7.35. The fraction of sp³-hybridized carbons (Fsp3) is 0.579. The minimum atomic E-state index is -3.46. The summed E-state index contributed by atoms with van der Waals surface area (Å²) < 4.78 is 33.0. The van der Waals surface area contributed by atoms with Gasteiger partial charge in [-0.3, -0.25) is 0 Å². The van der Waals surface area contributed by atoms with Gasteiger partial charge >= 0.3 is 0 Å². The van der Waals surface area contributed by atoms with Gasteiger partial charge in [-0.25, -0.2) is 8.42 Å². The minimum Gasteiger partial charge on any atom is -0.339 e. The summed E-state index contributed by atoms with van der Waals surface area (Å²) in [5.41, 5.74) is 2.10. The summed E-state index contributed by atoms with van der Waals surface area (Å²) >= 11 is 0. The maximum Gasteiger partial charge on any atom is 0.243 e. The molecule has 140 valence electrons. The van der Waals surface area contributed by atoms with Crippen LogP contribution in [0.15, 0.2) is 27.6 Å². The molecule has 1 atom stereocenters. The van der Waals surface area contributed by atoms with Crippen molar-refractivity contribution in [2.24, 2.45) is 5.92 Å². The molecule has 26 heavy (non-hydrogen) atoms. The van der Waals surface area contributed by atoms with Gasteiger partial charge in [-0.15, -0.1) is 0 Å². The number of sulfonamides is 1. The van der Waals surface area contributed by atoms with Gasteiger partial charge in [-0.05, 0) is 68.7 Å². The topological polar surface area (TPSA) is 76.3 Å². The zero-order chi connectivity index (χ0) is 18.3. The number of rotatable bonds is 5. The van der Waals surface area contributed by atoms with E-state index in [1.54, 1.807) is 16.4 Å². The van der Waals surface area contributed by atoms with Gasteiger partial charge in [0, 0.05) is 25.4 Å². The molecule has 1 saturated carbocycles. The van der Waals surface area contributed by atoms with E-state index in [9.17, 15) is 8.42 Å². The van der Waals surface area contributed by atoms with Crippen molar-refractivity contribution >= 4 is 10.0 Å². The summed E-state index contributed by atoms with van der Waals surface area (Å²) in [6.07, 6.45) is 4.78. The molecule has 0 bridgehead atoms. The van der Waals surface area contributed by atoms with Gasteiger partial charge < -0.3 is 4.52 Å². The van der Waals surface area contributed by atoms with Gasteiger partial charge in [0.15, 0.2) is 5.82 Å². The van der Waals surface area contributed by atoms with E-state index in [1.165, 1.54) is 0 Å². The van der Waals surface area contributed by atoms with Crippen LogP contribution in [0.5, 0.6) is 0 Å². The van der Waals surface area contributed by atoms with Crippen molar-refractivity contribution in [2.75, 3.05) is 13.1 Å². The number of piperidine rings is 1. The molecule has 7 heteroatoms. The highest BCUT2D eigenvalue weighted by atomic mass is 32.2. The van der Waals surface area contributed by atoms with E-state index in [-0.39, 0.29) is 5.92 Å². The number of benzene rings is 1. The van der Waals surface area contributed by atoms with Gasteiger partial charge in [-0.2, -0.15) is 9.29 Å². The molecule has 2 aromatic rings. The molecule has 4 rings (SSSR count). The zero-order valence-corrected chi connectivity index (χ0v) is 16.1. The predicted molar refractivity (Wildman–Crippen MR) is 97.4 cm³/mol. The van der Waals surface area contributed by atoms with Crippen LogP contribution in [0.1, 0.15) is 54.4 Å². The Labute approximate surface area is 154 Å². The molecule has 0 spiro atoms. The molecule has 1 aliphatic carbocycles. The number of hydrogen-bond acceptors (Lipinski definition) is 5. The average molecular weight is 375 g/mol. The van der Waals surface area contributed by atoms with Crippen LogP contribution in [0.4, 0.5) is 0 Å². The quantitative estimate of drug-likeness (QED) is 0.802. The summed E-state index contributed by atoms with van der Waals surface area (Å²) in [5, 5.41) is 4.06. The highest BCUT2D eigenvalue weighted by molar-refractivity contribution is 7.89. The normalized spacial score (nSPS) is 21.8. The van der Waals surface area contributed by atoms with Gasteiger partial charge in [0.25, 0.3) is 0 Å². The van der Waals surface area contributed by atoms with Crippen molar-refractivity contribution in [1.82, 2.24) is 14.4 Å². The number of nitrogens with zero attached hydrogens (tertiary/aromatic N) is 3. The van der Waals surface area contributed by atoms with Crippen LogP contribution >= 0.6 is 0 Å². The Morgan fingerprint density at radius 3 is 2.73 bits per heavy atom. The molecule has 1 aromatic heterocycles. The lowest BCUT2D eigenvalue weighted by Gasteiger charge is -2.31. The van der Waals surface area contributed by atoms with Crippen molar-refractivity contribution in [3.05, 3.63) is 41.0 Å². The Kier molecular flexibility index (Phi) is 4.61. The van der Waals surface area contributed by atoms with E-state index < -0.39 is 10.0 Å². The largest absolute Gasteiger partial charge is 0.339 e. The summed E-state index contributed by atoms with van der Waals surface area (Å²) in [6.45, 7) is 5.02. The van der Waals surface area contributed by atoms with Gasteiger partial charge in [0.05, 0.1) is 4.90 Å². The molecule has 0 amide bonds. The molecular weight excluding hydrogens is 350 g/mol. The second-order valence-electron chi connectivity index (χ2n) is 7.64. The van der Waals surface area contributed by atoms with E-state index in [0.717, 1.165) is 42.6 Å². The fourth-order valence-corrected chi connectivity index (χ4v) is 5.18. The highest BCUT2D eigenvalue weighted by Crippen LogP contribution is 2.38. The molecule has 2 heterocycles. The van der Waals surface area contributed by atoms with E-state index in [0.29, 0.717) is 36.2 Å². The first kappa shape index (κ1) is 17.7. The summed E-state index contributed by atoms with van der Waals surface area (Å²) in [7, 11) is -3.46. The highest BCUT2D eigenvalue weighted by Gasteiger charge is 2.32. The maximum absolute atomic E-state index is 13.0. The Balaban J connectivity index is 1.47. The van der Waals surface area contributed by atoms with Gasteiger partial charge in [0.1, 0.15) is 0 Å². The molecule has 6 nitrogen and oxygen atoms in total. The predicted octanol–water partition coefficient (Wildman–Crippen LogP) is 3.21. The second kappa shape index (κ2) is 6.78. The third kappa shape index (κ3) is 3.55. The van der Waals surface area contributed by atoms with Crippen LogP contribution in [0.3, 0.4) is 0 Å². The first-order chi connectivity index (χ1) is 12.4. The van der Waals surface area contributed by atoms with Crippen LogP contribution in [-0.2, 0) is 16.4 Å². The molecular formula is C19H25N3O3S. The Morgan fingerprint density at radius 1 is 1.19 bits per heavy atom. The van der Waals surface area contributed by atoms with Crippen molar-refractivity contribution in [3.8, 4) is 0 Å². The zero-order valence-electron chi connectivity index (χ0n) is 15.3. The first-order valence-electron chi connectivity index (χ1n) is 9.33. The van der Waals surface area contributed by atoms with Crippen LogP contribution < -0.4 is 0 Å². The van der Waals surface area contributed by atoms with E-state index in [2.05, 4.69) is 10.1 Å². The fourth-order valence-electron chi connectivity index (χ4n) is 3.54. The Bertz CT molecular complexity index is 903. The van der Waals surface area contributed by atoms with E-state index in [4.69, 9.17) is 4.52 Å². The smallest absolute Gasteiger partial charge is 0.243 e. The minimum absolute atomic E-state index is 0.220. The van der Waals surface area contributed by atoms with Crippen LogP contribution in [0.25, 0.3) is 0 Å². The first-order valence-corrected chi connectivity index (χ1v) is 10.8. The van der Waals surface area contributed by atoms with Gasteiger partial charge in [0.2, 0.25) is 15.9 Å². The molecule has 1 aromatic carbocycles. The molecule has 2 aliphatic rings. The standard InChI is InChI=1S/C19H25N3O3S/c1-13-5-8-17(10-14(13)2)26(23,24)22-9-3-4-15(12-22)11-18-20-19(21-25-18)16-6-7-16/h5,8,10,15-16H,3-4,6-7,9,11-12H2,1-2H3. The van der Waals surface area contributed by atoms with Crippen molar-refractivity contribution in [2.45, 2.75) is 56.8 Å². The monoisotopic (exact) mass is 375 g/mol. The molecule has 0 radical (unpaired) electrons.